The number of halogens is 1. The van der Waals surface area contributed by atoms with E-state index < -0.39 is 12.1 Å². The highest BCUT2D eigenvalue weighted by molar-refractivity contribution is 5.75. The van der Waals surface area contributed by atoms with E-state index in [-0.39, 0.29) is 11.7 Å². The molecule has 2 heterocycles. The van der Waals surface area contributed by atoms with E-state index in [9.17, 15) is 19.6 Å². The van der Waals surface area contributed by atoms with Crippen molar-refractivity contribution in [3.05, 3.63) is 75.7 Å². The van der Waals surface area contributed by atoms with Crippen LogP contribution >= 0.6 is 0 Å². The number of benzene rings is 2. The number of rotatable bonds is 2. The first-order chi connectivity index (χ1) is 15.4. The monoisotopic (exact) mass is 430 g/mol. The van der Waals surface area contributed by atoms with Gasteiger partial charge in [0.05, 0.1) is 23.4 Å². The molecule has 2 aliphatic rings. The lowest BCUT2D eigenvalue weighted by Gasteiger charge is -2.28. The fourth-order valence-corrected chi connectivity index (χ4v) is 5.08. The van der Waals surface area contributed by atoms with E-state index in [1.807, 2.05) is 23.7 Å². The van der Waals surface area contributed by atoms with Crippen molar-refractivity contribution in [2.45, 2.75) is 45.4 Å². The van der Waals surface area contributed by atoms with Crippen LogP contribution in [0.3, 0.4) is 0 Å². The van der Waals surface area contributed by atoms with Crippen LogP contribution in [0.4, 0.5) is 4.39 Å². The van der Waals surface area contributed by atoms with Crippen LogP contribution in [0.1, 0.15) is 46.5 Å². The average Bonchev–Trinajstić information content (AvgIpc) is 3.30. The summed E-state index contributed by atoms with van der Waals surface area (Å²) in [6, 6.07) is 11.9. The van der Waals surface area contributed by atoms with Crippen molar-refractivity contribution in [3.63, 3.8) is 0 Å². The molecule has 1 N–H and O–H groups in total. The highest BCUT2D eigenvalue weighted by Crippen LogP contribution is 2.40. The van der Waals surface area contributed by atoms with Gasteiger partial charge in [-0.1, -0.05) is 12.1 Å². The summed E-state index contributed by atoms with van der Waals surface area (Å²) >= 11 is 0. The maximum atomic E-state index is 14.3. The molecule has 162 valence electrons. The van der Waals surface area contributed by atoms with E-state index in [0.29, 0.717) is 37.2 Å². The van der Waals surface area contributed by atoms with Crippen LogP contribution < -0.4 is 0 Å². The number of carbonyl (C=O) groups is 1. The van der Waals surface area contributed by atoms with Gasteiger partial charge in [-0.3, -0.25) is 9.48 Å². The summed E-state index contributed by atoms with van der Waals surface area (Å²) in [5.41, 5.74) is 6.40. The van der Waals surface area contributed by atoms with Gasteiger partial charge in [0.1, 0.15) is 11.9 Å². The van der Waals surface area contributed by atoms with Gasteiger partial charge >= 0.3 is 0 Å². The smallest absolute Gasteiger partial charge is 0.219 e. The Labute approximate surface area is 185 Å². The molecule has 5 rings (SSSR count). The van der Waals surface area contributed by atoms with E-state index in [1.54, 1.807) is 24.0 Å². The number of fused-ring (bicyclic) bond motifs is 2. The van der Waals surface area contributed by atoms with Gasteiger partial charge in [-0.05, 0) is 47.9 Å². The van der Waals surface area contributed by atoms with Crippen LogP contribution in [-0.2, 0) is 24.2 Å². The molecular formula is C25H23FN4O2. The van der Waals surface area contributed by atoms with Gasteiger partial charge in [0, 0.05) is 49.7 Å². The first-order valence-electron chi connectivity index (χ1n) is 10.7. The van der Waals surface area contributed by atoms with E-state index in [1.165, 1.54) is 12.1 Å². The fourth-order valence-electron chi connectivity index (χ4n) is 5.08. The maximum Gasteiger partial charge on any atom is 0.219 e. The lowest BCUT2D eigenvalue weighted by Crippen LogP contribution is -2.35. The molecule has 32 heavy (non-hydrogen) atoms. The second kappa shape index (κ2) is 7.57. The fraction of sp³-hybridized carbons (Fsp3) is 0.320. The lowest BCUT2D eigenvalue weighted by molar-refractivity contribution is -0.129. The molecule has 6 nitrogen and oxygen atoms in total. The molecule has 0 saturated heterocycles. The molecule has 0 radical (unpaired) electrons. The van der Waals surface area contributed by atoms with Crippen molar-refractivity contribution < 1.29 is 14.3 Å². The van der Waals surface area contributed by atoms with Crippen molar-refractivity contribution in [1.29, 1.82) is 5.26 Å². The summed E-state index contributed by atoms with van der Waals surface area (Å²) in [5.74, 6) is -0.338. The molecule has 0 bridgehead atoms. The van der Waals surface area contributed by atoms with Crippen LogP contribution in [0.15, 0.2) is 36.4 Å². The Hall–Kier alpha value is -3.50. The number of aromatic nitrogens is 2. The van der Waals surface area contributed by atoms with E-state index in [4.69, 9.17) is 5.10 Å². The second-order valence-electron chi connectivity index (χ2n) is 8.61. The molecular weight excluding hydrogens is 407 g/mol. The first-order valence-corrected chi connectivity index (χ1v) is 10.7. The third-order valence-corrected chi connectivity index (χ3v) is 6.63. The molecule has 1 aliphatic carbocycles. The Bertz CT molecular complexity index is 1290. The molecule has 1 unspecified atom stereocenters. The number of hydrogen-bond acceptors (Lipinski definition) is 4. The van der Waals surface area contributed by atoms with Crippen LogP contribution in [0, 0.1) is 24.1 Å². The Morgan fingerprint density at radius 1 is 1.28 bits per heavy atom. The predicted molar refractivity (Wildman–Crippen MR) is 116 cm³/mol. The standard InChI is InChI=1S/C25H23FN4O2/c1-14-8-18(26)10-20-19(14)11-23(32)25(20)30-22-6-7-29(15(2)31)13-21(22)24(28-30)17-5-3-4-16(9-17)12-27/h3-5,8-10,23,25,32H,6-7,11,13H2,1-2H3/t23-,25?/m1/s1. The number of amides is 1. The van der Waals surface area contributed by atoms with Crippen LogP contribution in [0.25, 0.3) is 11.3 Å². The summed E-state index contributed by atoms with van der Waals surface area (Å²) in [6.45, 7) is 4.38. The Morgan fingerprint density at radius 3 is 2.84 bits per heavy atom. The number of hydrogen-bond donors (Lipinski definition) is 1. The Balaban J connectivity index is 1.70. The third kappa shape index (κ3) is 3.19. The molecule has 0 saturated carbocycles. The van der Waals surface area contributed by atoms with Crippen molar-refractivity contribution in [2.24, 2.45) is 0 Å². The predicted octanol–water partition coefficient (Wildman–Crippen LogP) is 3.28. The molecule has 1 aromatic heterocycles. The molecule has 0 spiro atoms. The normalized spacial score (nSPS) is 19.4. The molecule has 0 fully saturated rings. The van der Waals surface area contributed by atoms with Crippen LogP contribution in [0.5, 0.6) is 0 Å². The number of aliphatic hydroxyl groups is 1. The first kappa shape index (κ1) is 20.4. The summed E-state index contributed by atoms with van der Waals surface area (Å²) in [7, 11) is 0. The van der Waals surface area contributed by atoms with Gasteiger partial charge in [0.15, 0.2) is 0 Å². The maximum absolute atomic E-state index is 14.3. The number of carbonyl (C=O) groups excluding carboxylic acids is 1. The van der Waals surface area contributed by atoms with E-state index >= 15 is 0 Å². The van der Waals surface area contributed by atoms with Crippen molar-refractivity contribution in [3.8, 4) is 17.3 Å². The van der Waals surface area contributed by atoms with Crippen molar-refractivity contribution in [1.82, 2.24) is 14.7 Å². The average molecular weight is 430 g/mol. The zero-order valence-corrected chi connectivity index (χ0v) is 18.0. The van der Waals surface area contributed by atoms with Gasteiger partial charge in [-0.15, -0.1) is 0 Å². The van der Waals surface area contributed by atoms with Gasteiger partial charge in [-0.25, -0.2) is 4.39 Å². The highest BCUT2D eigenvalue weighted by atomic mass is 19.1. The number of aliphatic hydroxyl groups excluding tert-OH is 1. The molecule has 2 aromatic carbocycles. The third-order valence-electron chi connectivity index (χ3n) is 6.63. The molecule has 7 heteroatoms. The Morgan fingerprint density at radius 2 is 2.09 bits per heavy atom. The van der Waals surface area contributed by atoms with Crippen LogP contribution in [-0.4, -0.2) is 38.3 Å². The van der Waals surface area contributed by atoms with Gasteiger partial charge in [0.2, 0.25) is 5.91 Å². The SMILES string of the molecule is CC(=O)N1CCc2c(c(-c3cccc(C#N)c3)nn2C2c3cc(F)cc(C)c3C[C@H]2O)C1. The minimum absolute atomic E-state index is 0.0101. The van der Waals surface area contributed by atoms with Crippen molar-refractivity contribution >= 4 is 5.91 Å². The molecule has 1 amide bonds. The van der Waals surface area contributed by atoms with Gasteiger partial charge < -0.3 is 10.0 Å². The zero-order chi connectivity index (χ0) is 22.6. The molecule has 1 aliphatic heterocycles. The summed E-state index contributed by atoms with van der Waals surface area (Å²) in [4.78, 5) is 13.9. The summed E-state index contributed by atoms with van der Waals surface area (Å²) in [6.07, 6.45) is 0.311. The summed E-state index contributed by atoms with van der Waals surface area (Å²) < 4.78 is 16.1. The largest absolute Gasteiger partial charge is 0.390 e. The van der Waals surface area contributed by atoms with E-state index in [2.05, 4.69) is 6.07 Å². The molecule has 2 atom stereocenters. The quantitative estimate of drug-likeness (QED) is 0.677. The minimum atomic E-state index is -0.723. The van der Waals surface area contributed by atoms with Gasteiger partial charge in [0.25, 0.3) is 0 Å². The number of nitrogens with zero attached hydrogens (tertiary/aromatic N) is 4. The number of nitriles is 1. The van der Waals surface area contributed by atoms with Gasteiger partial charge in [-0.2, -0.15) is 10.4 Å². The Kier molecular flexibility index (Phi) is 4.83. The molecule has 3 aromatic rings. The topological polar surface area (TPSA) is 82.2 Å². The van der Waals surface area contributed by atoms with Crippen LogP contribution in [0.2, 0.25) is 0 Å². The lowest BCUT2D eigenvalue weighted by atomic mass is 9.99. The van der Waals surface area contributed by atoms with E-state index in [0.717, 1.165) is 33.5 Å². The number of aryl methyl sites for hydroxylation is 1. The van der Waals surface area contributed by atoms with Crippen molar-refractivity contribution in [2.75, 3.05) is 6.54 Å². The highest BCUT2D eigenvalue weighted by Gasteiger charge is 2.38. The summed E-state index contributed by atoms with van der Waals surface area (Å²) in [5, 5.41) is 25.2. The minimum Gasteiger partial charge on any atom is -0.390 e. The second-order valence-corrected chi connectivity index (χ2v) is 8.61. The zero-order valence-electron chi connectivity index (χ0n) is 18.0.